The van der Waals surface area contributed by atoms with Crippen LogP contribution in [0.4, 0.5) is 5.69 Å². The molecule has 0 aliphatic heterocycles. The minimum Gasteiger partial charge on any atom is -0.481 e. The number of amides is 1. The number of carbonyl (C=O) groups excluding carboxylic acids is 1. The van der Waals surface area contributed by atoms with E-state index in [1.165, 1.54) is 0 Å². The van der Waals surface area contributed by atoms with Crippen LogP contribution in [0, 0.1) is 0 Å². The molecular weight excluding hydrogens is 324 g/mol. The van der Waals surface area contributed by atoms with Crippen LogP contribution in [0.5, 0.6) is 0 Å². The molecule has 1 aromatic rings. The van der Waals surface area contributed by atoms with Crippen LogP contribution < -0.4 is 5.32 Å². The summed E-state index contributed by atoms with van der Waals surface area (Å²) in [6.07, 6.45) is 0.0240. The number of carbonyl (C=O) groups is 2. The summed E-state index contributed by atoms with van der Waals surface area (Å²) in [6, 6.07) is 7.18. The van der Waals surface area contributed by atoms with E-state index in [9.17, 15) is 9.59 Å². The van der Waals surface area contributed by atoms with Gasteiger partial charge in [0.15, 0.2) is 0 Å². The third kappa shape index (κ3) is 5.30. The number of anilines is 1. The third-order valence-electron chi connectivity index (χ3n) is 2.99. The van der Waals surface area contributed by atoms with Crippen molar-refractivity contribution in [3.63, 3.8) is 0 Å². The average Bonchev–Trinajstić information content (AvgIpc) is 2.37. The Morgan fingerprint density at radius 1 is 1.40 bits per heavy atom. The Labute approximate surface area is 127 Å². The van der Waals surface area contributed by atoms with Gasteiger partial charge < -0.3 is 10.4 Å². The highest BCUT2D eigenvalue weighted by atomic mass is 79.9. The van der Waals surface area contributed by atoms with Crippen LogP contribution >= 0.6 is 15.9 Å². The number of aliphatic carboxylic acids is 1. The molecule has 1 unspecified atom stereocenters. The zero-order valence-corrected chi connectivity index (χ0v) is 13.2. The molecule has 0 radical (unpaired) electrons. The van der Waals surface area contributed by atoms with Crippen LogP contribution in [0.15, 0.2) is 28.7 Å². The number of nitrogens with one attached hydrogen (secondary N) is 1. The van der Waals surface area contributed by atoms with Gasteiger partial charge in [-0.1, -0.05) is 19.1 Å². The fraction of sp³-hybridized carbons (Fsp3) is 0.429. The number of rotatable bonds is 7. The molecule has 5 nitrogen and oxygen atoms in total. The van der Waals surface area contributed by atoms with Crippen LogP contribution in [0.3, 0.4) is 0 Å². The molecule has 0 spiro atoms. The molecule has 0 fully saturated rings. The van der Waals surface area contributed by atoms with Crippen molar-refractivity contribution in [2.24, 2.45) is 0 Å². The van der Waals surface area contributed by atoms with E-state index < -0.39 is 5.97 Å². The second-order valence-electron chi connectivity index (χ2n) is 4.54. The monoisotopic (exact) mass is 342 g/mol. The van der Waals surface area contributed by atoms with Gasteiger partial charge in [0.25, 0.3) is 0 Å². The summed E-state index contributed by atoms with van der Waals surface area (Å²) >= 11 is 3.36. The van der Waals surface area contributed by atoms with Gasteiger partial charge in [-0.05, 0) is 41.5 Å². The topological polar surface area (TPSA) is 69.6 Å². The molecular formula is C14H19BrN2O3. The molecule has 1 amide bonds. The van der Waals surface area contributed by atoms with Gasteiger partial charge in [0.2, 0.25) is 5.91 Å². The van der Waals surface area contributed by atoms with Gasteiger partial charge in [0.05, 0.1) is 18.7 Å². The molecule has 0 bridgehead atoms. The number of nitrogens with zero attached hydrogens (tertiary/aromatic N) is 1. The number of hydrogen-bond acceptors (Lipinski definition) is 3. The Kier molecular flexibility index (Phi) is 6.67. The smallest absolute Gasteiger partial charge is 0.304 e. The van der Waals surface area contributed by atoms with E-state index in [0.717, 1.165) is 4.47 Å². The first-order chi connectivity index (χ1) is 9.43. The largest absolute Gasteiger partial charge is 0.481 e. The predicted octanol–water partition coefficient (Wildman–Crippen LogP) is 2.57. The second kappa shape index (κ2) is 8.01. The lowest BCUT2D eigenvalue weighted by atomic mass is 10.2. The van der Waals surface area contributed by atoms with Crippen molar-refractivity contribution in [1.29, 1.82) is 0 Å². The SMILES string of the molecule is CCN(CC(=O)Nc1ccccc1Br)C(C)CC(=O)O. The Hall–Kier alpha value is -1.40. The standard InChI is InChI=1S/C14H19BrN2O3/c1-3-17(10(2)8-14(19)20)9-13(18)16-12-7-5-4-6-11(12)15/h4-7,10H,3,8-9H2,1-2H3,(H,16,18)(H,19,20). The lowest BCUT2D eigenvalue weighted by molar-refractivity contribution is -0.138. The molecule has 110 valence electrons. The van der Waals surface area contributed by atoms with Gasteiger partial charge >= 0.3 is 5.97 Å². The number of halogens is 1. The lowest BCUT2D eigenvalue weighted by Gasteiger charge is -2.26. The highest BCUT2D eigenvalue weighted by molar-refractivity contribution is 9.10. The van der Waals surface area contributed by atoms with Crippen LogP contribution in [-0.4, -0.2) is 41.0 Å². The Morgan fingerprint density at radius 2 is 2.05 bits per heavy atom. The van der Waals surface area contributed by atoms with Crippen LogP contribution in [0.25, 0.3) is 0 Å². The fourth-order valence-electron chi connectivity index (χ4n) is 1.90. The summed E-state index contributed by atoms with van der Waals surface area (Å²) in [5, 5.41) is 11.6. The highest BCUT2D eigenvalue weighted by Gasteiger charge is 2.18. The van der Waals surface area contributed by atoms with Gasteiger partial charge in [0.1, 0.15) is 0 Å². The molecule has 0 aromatic heterocycles. The first-order valence-electron chi connectivity index (χ1n) is 6.44. The summed E-state index contributed by atoms with van der Waals surface area (Å²) in [5.41, 5.74) is 0.708. The van der Waals surface area contributed by atoms with Crippen LogP contribution in [-0.2, 0) is 9.59 Å². The Morgan fingerprint density at radius 3 is 2.60 bits per heavy atom. The molecule has 0 saturated heterocycles. The number of hydrogen-bond donors (Lipinski definition) is 2. The minimum absolute atomic E-state index is 0.0240. The van der Waals surface area contributed by atoms with E-state index in [4.69, 9.17) is 5.11 Å². The highest BCUT2D eigenvalue weighted by Crippen LogP contribution is 2.21. The van der Waals surface area contributed by atoms with E-state index in [1.807, 2.05) is 36.9 Å². The molecule has 2 N–H and O–H groups in total. The van der Waals surface area contributed by atoms with Crippen molar-refractivity contribution >= 4 is 33.5 Å². The zero-order valence-electron chi connectivity index (χ0n) is 11.6. The quantitative estimate of drug-likeness (QED) is 0.798. The summed E-state index contributed by atoms with van der Waals surface area (Å²) < 4.78 is 0.815. The summed E-state index contributed by atoms with van der Waals surface area (Å²) in [6.45, 7) is 4.51. The molecule has 1 rings (SSSR count). The molecule has 1 aromatic carbocycles. The first-order valence-corrected chi connectivity index (χ1v) is 7.23. The van der Waals surface area contributed by atoms with Gasteiger partial charge in [-0.3, -0.25) is 14.5 Å². The maximum absolute atomic E-state index is 12.0. The van der Waals surface area contributed by atoms with Crippen molar-refractivity contribution in [1.82, 2.24) is 4.90 Å². The maximum Gasteiger partial charge on any atom is 0.304 e. The molecule has 0 saturated carbocycles. The number of carboxylic acids is 1. The van der Waals surface area contributed by atoms with Crippen molar-refractivity contribution < 1.29 is 14.7 Å². The molecule has 20 heavy (non-hydrogen) atoms. The number of benzene rings is 1. The van der Waals surface area contributed by atoms with Gasteiger partial charge in [-0.25, -0.2) is 0 Å². The van der Waals surface area contributed by atoms with Crippen molar-refractivity contribution in [2.75, 3.05) is 18.4 Å². The van der Waals surface area contributed by atoms with E-state index in [2.05, 4.69) is 21.2 Å². The molecule has 1 atom stereocenters. The molecule has 0 heterocycles. The van der Waals surface area contributed by atoms with E-state index in [0.29, 0.717) is 12.2 Å². The summed E-state index contributed by atoms with van der Waals surface area (Å²) in [5.74, 6) is -1.02. The lowest BCUT2D eigenvalue weighted by Crippen LogP contribution is -2.40. The molecule has 0 aliphatic rings. The van der Waals surface area contributed by atoms with E-state index in [1.54, 1.807) is 6.07 Å². The van der Waals surface area contributed by atoms with Crippen molar-refractivity contribution in [2.45, 2.75) is 26.3 Å². The normalized spacial score (nSPS) is 12.2. The van der Waals surface area contributed by atoms with E-state index >= 15 is 0 Å². The van der Waals surface area contributed by atoms with Crippen LogP contribution in [0.2, 0.25) is 0 Å². The number of likely N-dealkylation sites (N-methyl/N-ethyl adjacent to an activating group) is 1. The van der Waals surface area contributed by atoms with Crippen molar-refractivity contribution in [3.8, 4) is 0 Å². The van der Waals surface area contributed by atoms with E-state index in [-0.39, 0.29) is 24.9 Å². The first kappa shape index (κ1) is 16.7. The predicted molar refractivity (Wildman–Crippen MR) is 81.7 cm³/mol. The van der Waals surface area contributed by atoms with Crippen LogP contribution in [0.1, 0.15) is 20.3 Å². The van der Waals surface area contributed by atoms with Gasteiger partial charge in [-0.2, -0.15) is 0 Å². The average molecular weight is 343 g/mol. The Bertz CT molecular complexity index is 479. The van der Waals surface area contributed by atoms with Gasteiger partial charge in [-0.15, -0.1) is 0 Å². The summed E-state index contributed by atoms with van der Waals surface area (Å²) in [4.78, 5) is 24.6. The second-order valence-corrected chi connectivity index (χ2v) is 5.39. The molecule has 0 aliphatic carbocycles. The number of para-hydroxylation sites is 1. The third-order valence-corrected chi connectivity index (χ3v) is 3.69. The van der Waals surface area contributed by atoms with Crippen molar-refractivity contribution in [3.05, 3.63) is 28.7 Å². The number of carboxylic acid groups (broad SMARTS) is 1. The summed E-state index contributed by atoms with van der Waals surface area (Å²) in [7, 11) is 0. The zero-order chi connectivity index (χ0) is 15.1. The fourth-order valence-corrected chi connectivity index (χ4v) is 2.28. The Balaban J connectivity index is 2.59. The minimum atomic E-state index is -0.859. The van der Waals surface area contributed by atoms with Gasteiger partial charge in [0, 0.05) is 10.5 Å². The molecule has 6 heteroatoms. The maximum atomic E-state index is 12.0.